The van der Waals surface area contributed by atoms with Gasteiger partial charge in [0.05, 0.1) is 11.3 Å². The van der Waals surface area contributed by atoms with E-state index in [2.05, 4.69) is 20.6 Å². The lowest BCUT2D eigenvalue weighted by molar-refractivity contribution is 0.100. The third-order valence-corrected chi connectivity index (χ3v) is 3.97. The van der Waals surface area contributed by atoms with Crippen LogP contribution in [0.4, 0.5) is 5.69 Å². The van der Waals surface area contributed by atoms with Gasteiger partial charge in [-0.1, -0.05) is 6.07 Å². The summed E-state index contributed by atoms with van der Waals surface area (Å²) < 4.78 is 0. The molecule has 6 heteroatoms. The van der Waals surface area contributed by atoms with Crippen LogP contribution in [0.25, 0.3) is 0 Å². The molecule has 23 heavy (non-hydrogen) atoms. The molecule has 120 valence electrons. The van der Waals surface area contributed by atoms with Gasteiger partial charge in [-0.2, -0.15) is 0 Å². The molecule has 2 aromatic heterocycles. The summed E-state index contributed by atoms with van der Waals surface area (Å²) in [5, 5.41) is 6.79. The number of pyridine rings is 2. The molecule has 6 nitrogen and oxygen atoms in total. The first kappa shape index (κ1) is 15.4. The highest BCUT2D eigenvalue weighted by molar-refractivity contribution is 5.98. The maximum atomic E-state index is 11.6. The van der Waals surface area contributed by atoms with E-state index >= 15 is 0 Å². The number of nitrogens with zero attached hydrogens (tertiary/aromatic N) is 2. The summed E-state index contributed by atoms with van der Waals surface area (Å²) in [7, 11) is 0. The summed E-state index contributed by atoms with van der Waals surface area (Å²) in [6.07, 6.45) is 6.13. The molecule has 1 aliphatic rings. The number of hydrogen-bond donors (Lipinski definition) is 3. The molecule has 3 rings (SSSR count). The van der Waals surface area contributed by atoms with Crippen LogP contribution in [0.5, 0.6) is 0 Å². The minimum Gasteiger partial charge on any atom is -0.380 e. The fourth-order valence-corrected chi connectivity index (χ4v) is 2.79. The predicted octanol–water partition coefficient (Wildman–Crippen LogP) is 1.33. The van der Waals surface area contributed by atoms with Crippen LogP contribution in [0.2, 0.25) is 0 Å². The second kappa shape index (κ2) is 7.19. The fourth-order valence-electron chi connectivity index (χ4n) is 2.79. The lowest BCUT2D eigenvalue weighted by Crippen LogP contribution is -2.38. The van der Waals surface area contributed by atoms with Crippen molar-refractivity contribution in [1.29, 1.82) is 0 Å². The molecule has 0 unspecified atom stereocenters. The molecule has 1 saturated heterocycles. The van der Waals surface area contributed by atoms with Crippen LogP contribution < -0.4 is 16.4 Å². The molecule has 4 N–H and O–H groups in total. The monoisotopic (exact) mass is 311 g/mol. The van der Waals surface area contributed by atoms with Crippen molar-refractivity contribution in [3.63, 3.8) is 0 Å². The van der Waals surface area contributed by atoms with E-state index in [1.54, 1.807) is 12.4 Å². The fraction of sp³-hybridized carbons (Fsp3) is 0.353. The smallest absolute Gasteiger partial charge is 0.252 e. The first-order valence-corrected chi connectivity index (χ1v) is 7.88. The van der Waals surface area contributed by atoms with Crippen LogP contribution in [0.1, 0.15) is 34.6 Å². The SMILES string of the molecule is NC(=O)c1cnc(Cc2ccccn2)cc1N[C@@H]1CCCNC1. The van der Waals surface area contributed by atoms with E-state index in [9.17, 15) is 4.79 Å². The predicted molar refractivity (Wildman–Crippen MR) is 89.3 cm³/mol. The zero-order valence-corrected chi connectivity index (χ0v) is 13.0. The number of nitrogens with one attached hydrogen (secondary N) is 2. The van der Waals surface area contributed by atoms with E-state index in [1.807, 2.05) is 24.3 Å². The Balaban J connectivity index is 1.82. The van der Waals surface area contributed by atoms with Crippen LogP contribution in [-0.4, -0.2) is 35.0 Å². The standard InChI is InChI=1S/C17H21N5O/c18-17(23)15-11-21-14(8-12-4-1-2-7-20-12)9-16(15)22-13-5-3-6-19-10-13/h1-2,4,7,9,11,13,19H,3,5-6,8,10H2,(H2,18,23)(H,21,22)/t13-/m1/s1. The van der Waals surface area contributed by atoms with E-state index in [0.717, 1.165) is 43.0 Å². The summed E-state index contributed by atoms with van der Waals surface area (Å²) in [5.74, 6) is -0.465. The first-order chi connectivity index (χ1) is 11.2. The van der Waals surface area contributed by atoms with Crippen molar-refractivity contribution in [3.05, 3.63) is 53.6 Å². The van der Waals surface area contributed by atoms with Gasteiger partial charge in [0.1, 0.15) is 0 Å². The number of hydrogen-bond acceptors (Lipinski definition) is 5. The molecule has 0 aromatic carbocycles. The third-order valence-electron chi connectivity index (χ3n) is 3.97. The zero-order chi connectivity index (χ0) is 16.1. The normalized spacial score (nSPS) is 17.7. The minimum atomic E-state index is -0.465. The Morgan fingerprint density at radius 1 is 1.35 bits per heavy atom. The highest BCUT2D eigenvalue weighted by atomic mass is 16.1. The number of nitrogens with two attached hydrogens (primary N) is 1. The van der Waals surface area contributed by atoms with Crippen LogP contribution in [0.3, 0.4) is 0 Å². The maximum absolute atomic E-state index is 11.6. The Hall–Kier alpha value is -2.47. The van der Waals surface area contributed by atoms with Crippen molar-refractivity contribution in [3.8, 4) is 0 Å². The number of piperidine rings is 1. The Morgan fingerprint density at radius 2 is 2.26 bits per heavy atom. The number of carbonyl (C=O) groups is 1. The van der Waals surface area contributed by atoms with Gasteiger partial charge in [-0.15, -0.1) is 0 Å². The van der Waals surface area contributed by atoms with Crippen LogP contribution in [-0.2, 0) is 6.42 Å². The van der Waals surface area contributed by atoms with Crippen LogP contribution in [0, 0.1) is 0 Å². The number of aromatic nitrogens is 2. The Morgan fingerprint density at radius 3 is 2.96 bits per heavy atom. The molecule has 0 aliphatic carbocycles. The van der Waals surface area contributed by atoms with Gasteiger partial charge in [0.2, 0.25) is 0 Å². The van der Waals surface area contributed by atoms with Gasteiger partial charge in [-0.3, -0.25) is 14.8 Å². The lowest BCUT2D eigenvalue weighted by atomic mass is 10.1. The Bertz CT molecular complexity index is 668. The molecule has 1 amide bonds. The number of primary amides is 1. The molecule has 1 atom stereocenters. The average molecular weight is 311 g/mol. The molecule has 0 spiro atoms. The highest BCUT2D eigenvalue weighted by Crippen LogP contribution is 2.20. The molecular formula is C17H21N5O. The summed E-state index contributed by atoms with van der Waals surface area (Å²) in [6.45, 7) is 1.93. The summed E-state index contributed by atoms with van der Waals surface area (Å²) in [5.41, 5.74) is 8.47. The lowest BCUT2D eigenvalue weighted by Gasteiger charge is -2.25. The van der Waals surface area contributed by atoms with Crippen molar-refractivity contribution in [1.82, 2.24) is 15.3 Å². The van der Waals surface area contributed by atoms with E-state index in [4.69, 9.17) is 5.73 Å². The quantitative estimate of drug-likeness (QED) is 0.774. The molecular weight excluding hydrogens is 290 g/mol. The van der Waals surface area contributed by atoms with E-state index in [-0.39, 0.29) is 0 Å². The second-order valence-corrected chi connectivity index (χ2v) is 5.77. The first-order valence-electron chi connectivity index (χ1n) is 7.88. The third kappa shape index (κ3) is 4.04. The van der Waals surface area contributed by atoms with Crippen molar-refractivity contribution in [2.75, 3.05) is 18.4 Å². The molecule has 2 aromatic rings. The number of rotatable bonds is 5. The summed E-state index contributed by atoms with van der Waals surface area (Å²) >= 11 is 0. The molecule has 0 bridgehead atoms. The minimum absolute atomic E-state index is 0.298. The van der Waals surface area contributed by atoms with Crippen molar-refractivity contribution in [2.45, 2.75) is 25.3 Å². The Labute approximate surface area is 135 Å². The number of anilines is 1. The molecule has 1 aliphatic heterocycles. The van der Waals surface area contributed by atoms with Crippen molar-refractivity contribution in [2.24, 2.45) is 5.73 Å². The van der Waals surface area contributed by atoms with Gasteiger partial charge in [0.25, 0.3) is 5.91 Å². The summed E-state index contributed by atoms with van der Waals surface area (Å²) in [6, 6.07) is 8.00. The van der Waals surface area contributed by atoms with Gasteiger partial charge in [-0.05, 0) is 37.6 Å². The largest absolute Gasteiger partial charge is 0.380 e. The van der Waals surface area contributed by atoms with Crippen LogP contribution >= 0.6 is 0 Å². The molecule has 0 radical (unpaired) electrons. The molecule has 1 fully saturated rings. The van der Waals surface area contributed by atoms with E-state index < -0.39 is 5.91 Å². The van der Waals surface area contributed by atoms with Crippen molar-refractivity contribution >= 4 is 11.6 Å². The van der Waals surface area contributed by atoms with E-state index in [0.29, 0.717) is 18.0 Å². The average Bonchev–Trinajstić information content (AvgIpc) is 2.57. The molecule has 3 heterocycles. The van der Waals surface area contributed by atoms with Crippen molar-refractivity contribution < 1.29 is 4.79 Å². The highest BCUT2D eigenvalue weighted by Gasteiger charge is 2.17. The molecule has 0 saturated carbocycles. The Kier molecular flexibility index (Phi) is 4.83. The zero-order valence-electron chi connectivity index (χ0n) is 13.0. The van der Waals surface area contributed by atoms with Crippen LogP contribution in [0.15, 0.2) is 36.7 Å². The van der Waals surface area contributed by atoms with Gasteiger partial charge < -0.3 is 16.4 Å². The number of carbonyl (C=O) groups excluding carboxylic acids is 1. The van der Waals surface area contributed by atoms with Gasteiger partial charge in [-0.25, -0.2) is 0 Å². The van der Waals surface area contributed by atoms with Gasteiger partial charge in [0.15, 0.2) is 0 Å². The van der Waals surface area contributed by atoms with E-state index in [1.165, 1.54) is 0 Å². The summed E-state index contributed by atoms with van der Waals surface area (Å²) in [4.78, 5) is 20.3. The maximum Gasteiger partial charge on any atom is 0.252 e. The second-order valence-electron chi connectivity index (χ2n) is 5.77. The van der Waals surface area contributed by atoms with Gasteiger partial charge in [0, 0.05) is 42.8 Å². The number of amides is 1. The van der Waals surface area contributed by atoms with Gasteiger partial charge >= 0.3 is 0 Å². The topological polar surface area (TPSA) is 92.9 Å².